The molecule has 2 atom stereocenters. The number of rotatable bonds is 10. The van der Waals surface area contributed by atoms with E-state index < -0.39 is 0 Å². The quantitative estimate of drug-likeness (QED) is 0.452. The lowest BCUT2D eigenvalue weighted by Crippen LogP contribution is -2.22. The van der Waals surface area contributed by atoms with Crippen molar-refractivity contribution in [1.82, 2.24) is 0 Å². The van der Waals surface area contributed by atoms with Crippen LogP contribution in [0.1, 0.15) is 45.4 Å². The molecule has 0 saturated carbocycles. The molecule has 1 aliphatic rings. The fourth-order valence-electron chi connectivity index (χ4n) is 1.99. The van der Waals surface area contributed by atoms with Crippen molar-refractivity contribution in [1.29, 1.82) is 0 Å². The van der Waals surface area contributed by atoms with Gasteiger partial charge < -0.3 is 18.9 Å². The fourth-order valence-corrected chi connectivity index (χ4v) is 1.99. The van der Waals surface area contributed by atoms with Crippen LogP contribution in [0.2, 0.25) is 0 Å². The molecular formula is C14H26O5. The van der Waals surface area contributed by atoms with Gasteiger partial charge in [0.15, 0.2) is 6.29 Å². The minimum absolute atomic E-state index is 0.0297. The molecule has 1 rings (SSSR count). The van der Waals surface area contributed by atoms with Crippen LogP contribution in [0.4, 0.5) is 0 Å². The van der Waals surface area contributed by atoms with E-state index in [4.69, 9.17) is 14.2 Å². The Morgan fingerprint density at radius 1 is 1.26 bits per heavy atom. The molecule has 0 aromatic carbocycles. The second-order valence-electron chi connectivity index (χ2n) is 4.82. The average molecular weight is 274 g/mol. The molecule has 0 aromatic heterocycles. The third kappa shape index (κ3) is 7.50. The number of carbonyl (C=O) groups is 1. The maximum Gasteiger partial charge on any atom is 0.331 e. The standard InChI is InChI=1S/C14H26O5/c1-3-4-5-6-7-8-14-18-10-12(19-14)9-17-11-13(15)16-2/h12,14H,3-11H2,1-2H3/t12?,14-/m0/s1. The van der Waals surface area contributed by atoms with Crippen LogP contribution in [-0.2, 0) is 23.7 Å². The van der Waals surface area contributed by atoms with Gasteiger partial charge in [-0.1, -0.05) is 32.6 Å². The molecule has 1 aliphatic heterocycles. The Bertz CT molecular complexity index is 244. The average Bonchev–Trinajstić information content (AvgIpc) is 2.86. The first kappa shape index (κ1) is 16.4. The zero-order valence-corrected chi connectivity index (χ0v) is 12.1. The van der Waals surface area contributed by atoms with Crippen molar-refractivity contribution in [2.75, 3.05) is 26.9 Å². The zero-order valence-electron chi connectivity index (χ0n) is 12.1. The van der Waals surface area contributed by atoms with Gasteiger partial charge in [-0.15, -0.1) is 0 Å². The predicted octanol–water partition coefficient (Wildman–Crippen LogP) is 2.28. The third-order valence-electron chi connectivity index (χ3n) is 3.11. The number of esters is 1. The first-order chi connectivity index (χ1) is 9.26. The van der Waals surface area contributed by atoms with Crippen LogP contribution in [0.25, 0.3) is 0 Å². The lowest BCUT2D eigenvalue weighted by molar-refractivity contribution is -0.147. The lowest BCUT2D eigenvalue weighted by Gasteiger charge is -2.11. The number of hydrogen-bond donors (Lipinski definition) is 0. The van der Waals surface area contributed by atoms with Crippen molar-refractivity contribution < 1.29 is 23.7 Å². The van der Waals surface area contributed by atoms with Gasteiger partial charge in [-0.3, -0.25) is 0 Å². The van der Waals surface area contributed by atoms with Crippen molar-refractivity contribution in [3.8, 4) is 0 Å². The van der Waals surface area contributed by atoms with Crippen LogP contribution in [-0.4, -0.2) is 45.3 Å². The Morgan fingerprint density at radius 2 is 2.05 bits per heavy atom. The van der Waals surface area contributed by atoms with Gasteiger partial charge >= 0.3 is 5.97 Å². The molecule has 0 aliphatic carbocycles. The van der Waals surface area contributed by atoms with Gasteiger partial charge in [0.05, 0.1) is 20.3 Å². The monoisotopic (exact) mass is 274 g/mol. The molecule has 0 amide bonds. The fraction of sp³-hybridized carbons (Fsp3) is 0.929. The maximum atomic E-state index is 10.9. The van der Waals surface area contributed by atoms with E-state index in [1.807, 2.05) is 0 Å². The molecule has 0 bridgehead atoms. The molecule has 0 spiro atoms. The molecule has 1 heterocycles. The summed E-state index contributed by atoms with van der Waals surface area (Å²) in [5, 5.41) is 0. The SMILES string of the molecule is CCCCCCC[C@H]1OCC(COCC(=O)OC)O1. The second kappa shape index (κ2) is 10.2. The van der Waals surface area contributed by atoms with Crippen molar-refractivity contribution in [3.63, 3.8) is 0 Å². The van der Waals surface area contributed by atoms with Crippen LogP contribution in [0.5, 0.6) is 0 Å². The number of carbonyl (C=O) groups excluding carboxylic acids is 1. The molecular weight excluding hydrogens is 248 g/mol. The summed E-state index contributed by atoms with van der Waals surface area (Å²) in [6, 6.07) is 0. The van der Waals surface area contributed by atoms with E-state index in [0.29, 0.717) is 13.2 Å². The molecule has 0 N–H and O–H groups in total. The number of ether oxygens (including phenoxy) is 4. The van der Waals surface area contributed by atoms with Gasteiger partial charge in [-0.25, -0.2) is 4.79 Å². The Balaban J connectivity index is 1.98. The van der Waals surface area contributed by atoms with Gasteiger partial charge in [0.2, 0.25) is 0 Å². The van der Waals surface area contributed by atoms with Crippen molar-refractivity contribution in [2.45, 2.75) is 57.8 Å². The van der Waals surface area contributed by atoms with Crippen LogP contribution in [0.3, 0.4) is 0 Å². The summed E-state index contributed by atoms with van der Waals surface area (Å²) < 4.78 is 20.9. The maximum absolute atomic E-state index is 10.9. The van der Waals surface area contributed by atoms with E-state index in [2.05, 4.69) is 11.7 Å². The number of hydrogen-bond acceptors (Lipinski definition) is 5. The summed E-state index contributed by atoms with van der Waals surface area (Å²) in [5.74, 6) is -0.369. The summed E-state index contributed by atoms with van der Waals surface area (Å²) in [4.78, 5) is 10.9. The summed E-state index contributed by atoms with van der Waals surface area (Å²) in [5.41, 5.74) is 0. The van der Waals surface area contributed by atoms with E-state index in [0.717, 1.165) is 12.8 Å². The highest BCUT2D eigenvalue weighted by Crippen LogP contribution is 2.18. The Labute approximate surface area is 115 Å². The highest BCUT2D eigenvalue weighted by atomic mass is 16.7. The highest BCUT2D eigenvalue weighted by Gasteiger charge is 2.25. The Hall–Kier alpha value is -0.650. The first-order valence-corrected chi connectivity index (χ1v) is 7.18. The number of unbranched alkanes of at least 4 members (excludes halogenated alkanes) is 4. The van der Waals surface area contributed by atoms with Crippen LogP contribution in [0.15, 0.2) is 0 Å². The molecule has 5 nitrogen and oxygen atoms in total. The van der Waals surface area contributed by atoms with Gasteiger partial charge in [-0.2, -0.15) is 0 Å². The largest absolute Gasteiger partial charge is 0.467 e. The van der Waals surface area contributed by atoms with Crippen molar-refractivity contribution in [2.24, 2.45) is 0 Å². The lowest BCUT2D eigenvalue weighted by atomic mass is 10.1. The minimum Gasteiger partial charge on any atom is -0.467 e. The van der Waals surface area contributed by atoms with E-state index in [9.17, 15) is 4.79 Å². The molecule has 112 valence electrons. The zero-order chi connectivity index (χ0) is 13.9. The smallest absolute Gasteiger partial charge is 0.331 e. The molecule has 1 unspecified atom stereocenters. The van der Waals surface area contributed by atoms with Gasteiger partial charge in [0.1, 0.15) is 12.7 Å². The Kier molecular flexibility index (Phi) is 8.79. The molecule has 5 heteroatoms. The first-order valence-electron chi connectivity index (χ1n) is 7.18. The summed E-state index contributed by atoms with van der Waals surface area (Å²) in [6.45, 7) is 3.10. The van der Waals surface area contributed by atoms with Gasteiger partial charge in [0.25, 0.3) is 0 Å². The third-order valence-corrected chi connectivity index (χ3v) is 3.11. The van der Waals surface area contributed by atoms with Crippen molar-refractivity contribution in [3.05, 3.63) is 0 Å². The van der Waals surface area contributed by atoms with E-state index >= 15 is 0 Å². The van der Waals surface area contributed by atoms with Gasteiger partial charge in [0, 0.05) is 0 Å². The Morgan fingerprint density at radius 3 is 2.79 bits per heavy atom. The minimum atomic E-state index is -0.369. The summed E-state index contributed by atoms with van der Waals surface area (Å²) in [7, 11) is 1.34. The van der Waals surface area contributed by atoms with E-state index in [-0.39, 0.29) is 25.0 Å². The topological polar surface area (TPSA) is 54.0 Å². The van der Waals surface area contributed by atoms with E-state index in [1.165, 1.54) is 32.8 Å². The van der Waals surface area contributed by atoms with Crippen LogP contribution >= 0.6 is 0 Å². The molecule has 1 saturated heterocycles. The van der Waals surface area contributed by atoms with Crippen LogP contribution < -0.4 is 0 Å². The number of methoxy groups -OCH3 is 1. The van der Waals surface area contributed by atoms with Gasteiger partial charge in [-0.05, 0) is 12.8 Å². The summed E-state index contributed by atoms with van der Waals surface area (Å²) >= 11 is 0. The normalized spacial score (nSPS) is 22.6. The summed E-state index contributed by atoms with van der Waals surface area (Å²) in [6.07, 6.45) is 7.00. The predicted molar refractivity (Wildman–Crippen MR) is 70.8 cm³/mol. The van der Waals surface area contributed by atoms with Crippen molar-refractivity contribution >= 4 is 5.97 Å². The van der Waals surface area contributed by atoms with E-state index in [1.54, 1.807) is 0 Å². The molecule has 0 aromatic rings. The van der Waals surface area contributed by atoms with Crippen LogP contribution in [0, 0.1) is 0 Å². The molecule has 0 radical (unpaired) electrons. The molecule has 1 fully saturated rings. The highest BCUT2D eigenvalue weighted by molar-refractivity contribution is 5.70. The molecule has 19 heavy (non-hydrogen) atoms. The second-order valence-corrected chi connectivity index (χ2v) is 4.82.